The van der Waals surface area contributed by atoms with E-state index in [0.717, 1.165) is 17.7 Å². The normalized spacial score (nSPS) is 12.2. The highest BCUT2D eigenvalue weighted by molar-refractivity contribution is 9.11. The topological polar surface area (TPSA) is 379 Å². The van der Waals surface area contributed by atoms with Gasteiger partial charge in [0, 0.05) is 27.6 Å². The van der Waals surface area contributed by atoms with Crippen molar-refractivity contribution in [2.75, 3.05) is 54.9 Å². The van der Waals surface area contributed by atoms with Crippen molar-refractivity contribution in [2.24, 2.45) is 20.5 Å². The molecular weight excluding hydrogens is 1190 g/mol. The van der Waals surface area contributed by atoms with Crippen LogP contribution >= 0.6 is 31.9 Å². The Kier molecular flexibility index (Phi) is 19.0. The second-order valence-corrected chi connectivity index (χ2v) is 22.6. The van der Waals surface area contributed by atoms with E-state index >= 15 is 0 Å². The molecule has 0 aliphatic carbocycles. The van der Waals surface area contributed by atoms with Gasteiger partial charge in [-0.2, -0.15) is 58.9 Å². The molecule has 1 heterocycles. The first-order chi connectivity index (χ1) is 34.9. The molecule has 32 heteroatoms. The van der Waals surface area contributed by atoms with E-state index in [2.05, 4.69) is 83.2 Å². The average molecular weight is 1230 g/mol. The van der Waals surface area contributed by atoms with Gasteiger partial charge in [0.15, 0.2) is 0 Å². The number of nitrogens with zero attached hydrogens (tertiary/aromatic N) is 7. The Morgan fingerprint density at radius 2 is 0.946 bits per heavy atom. The van der Waals surface area contributed by atoms with Crippen LogP contribution in [0, 0.1) is 0 Å². The number of hydrogen-bond acceptors (Lipinski definition) is 22. The van der Waals surface area contributed by atoms with E-state index in [1.165, 1.54) is 62.8 Å². The summed E-state index contributed by atoms with van der Waals surface area (Å²) in [5, 5.41) is 25.9. The molecule has 0 aliphatic rings. The van der Waals surface area contributed by atoms with Crippen molar-refractivity contribution in [2.45, 2.75) is 29.2 Å². The Bertz CT molecular complexity index is 3340. The Balaban J connectivity index is 1.39. The minimum atomic E-state index is -4.71. The van der Waals surface area contributed by atoms with Gasteiger partial charge in [-0.25, -0.2) is 0 Å². The molecule has 394 valence electrons. The van der Waals surface area contributed by atoms with Gasteiger partial charge in [0.1, 0.15) is 44.2 Å². The molecule has 0 radical (unpaired) electrons. The van der Waals surface area contributed by atoms with Crippen molar-refractivity contribution < 1.29 is 70.8 Å². The molecule has 0 amide bonds. The van der Waals surface area contributed by atoms with Crippen molar-refractivity contribution in [1.29, 1.82) is 0 Å². The lowest BCUT2D eigenvalue weighted by Crippen LogP contribution is -2.12. The summed E-state index contributed by atoms with van der Waals surface area (Å²) in [7, 11) is -15.7. The predicted molar refractivity (Wildman–Crippen MR) is 275 cm³/mol. The number of benzene rings is 5. The van der Waals surface area contributed by atoms with E-state index in [1.807, 2.05) is 30.3 Å². The molecule has 0 bridgehead atoms. The summed E-state index contributed by atoms with van der Waals surface area (Å²) in [4.78, 5) is 12.6. The molecule has 1 aromatic heterocycles. The van der Waals surface area contributed by atoms with Crippen LogP contribution in [0.2, 0.25) is 0 Å². The number of rotatable bonds is 25. The minimum absolute atomic E-state index is 0.00652. The van der Waals surface area contributed by atoms with Gasteiger partial charge in [-0.3, -0.25) is 18.2 Å². The molecular formula is C42H42Br2N10O16S4. The van der Waals surface area contributed by atoms with Crippen molar-refractivity contribution >= 4 is 124 Å². The third-order valence-electron chi connectivity index (χ3n) is 9.52. The maximum atomic E-state index is 12.0. The zero-order valence-corrected chi connectivity index (χ0v) is 44.8. The summed E-state index contributed by atoms with van der Waals surface area (Å²) in [6, 6.07) is 22.4. The lowest BCUT2D eigenvalue weighted by Gasteiger charge is -2.17. The molecule has 0 fully saturated rings. The van der Waals surface area contributed by atoms with Crippen molar-refractivity contribution in [3.8, 4) is 23.0 Å². The summed E-state index contributed by atoms with van der Waals surface area (Å²) >= 11 is 6.91. The molecule has 0 unspecified atom stereocenters. The fourth-order valence-electron chi connectivity index (χ4n) is 6.19. The first-order valence-corrected chi connectivity index (χ1v) is 28.6. The van der Waals surface area contributed by atoms with Gasteiger partial charge < -0.3 is 34.9 Å². The van der Waals surface area contributed by atoms with Gasteiger partial charge in [-0.1, -0.05) is 30.3 Å². The first-order valence-electron chi connectivity index (χ1n) is 20.9. The number of ether oxygens (including phenoxy) is 4. The third kappa shape index (κ3) is 17.0. The van der Waals surface area contributed by atoms with Crippen molar-refractivity contribution in [1.82, 2.24) is 15.0 Å². The number of halogens is 2. The van der Waals surface area contributed by atoms with Crippen LogP contribution in [-0.4, -0.2) is 106 Å². The van der Waals surface area contributed by atoms with Gasteiger partial charge in [-0.15, -0.1) is 10.2 Å². The van der Waals surface area contributed by atoms with Gasteiger partial charge in [0.2, 0.25) is 17.8 Å². The maximum Gasteiger partial charge on any atom is 0.298 e. The summed E-state index contributed by atoms with van der Waals surface area (Å²) in [6.45, 7) is -0.232. The molecule has 0 aliphatic heterocycles. The Morgan fingerprint density at radius 3 is 1.34 bits per heavy atom. The molecule has 6 aromatic rings. The van der Waals surface area contributed by atoms with Crippen LogP contribution in [0.5, 0.6) is 23.0 Å². The number of methoxy groups -OCH3 is 2. The molecule has 5 aromatic carbocycles. The molecule has 6 rings (SSSR count). The zero-order valence-electron chi connectivity index (χ0n) is 38.3. The number of hydrogen-bond donors (Lipinski definition) is 7. The van der Waals surface area contributed by atoms with Crippen LogP contribution in [0.3, 0.4) is 0 Å². The number of azo groups is 2. The van der Waals surface area contributed by atoms with Crippen LogP contribution in [0.4, 0.5) is 52.0 Å². The SMILES string of the molecule is COc1ccc(N=Nc2cc(OCCCS(=O)(=O)O)c(Nc3nc(NCc4ccccc4)nc(Nc4cc(Br)c(N=Nc5ccc(OC)c(S(=O)(=O)O)c5)cc4OCCCS(=O)(=O)O)n3)cc2Br)cc1S(=O)(=O)O. The highest BCUT2D eigenvalue weighted by Gasteiger charge is 2.21. The number of nitrogens with one attached hydrogen (secondary N) is 3. The second-order valence-electron chi connectivity index (χ2n) is 15.0. The monoisotopic (exact) mass is 1230 g/mol. The quantitative estimate of drug-likeness (QED) is 0.0159. The highest BCUT2D eigenvalue weighted by Crippen LogP contribution is 2.41. The maximum absolute atomic E-state index is 12.0. The molecule has 0 saturated heterocycles. The highest BCUT2D eigenvalue weighted by atomic mass is 79.9. The van der Waals surface area contributed by atoms with Crippen LogP contribution in [0.15, 0.2) is 130 Å². The summed E-state index contributed by atoms with van der Waals surface area (Å²) in [6.07, 6.45) is -0.287. The van der Waals surface area contributed by atoms with E-state index < -0.39 is 61.8 Å². The Hall–Kier alpha value is -6.49. The van der Waals surface area contributed by atoms with E-state index in [-0.39, 0.29) is 117 Å². The Morgan fingerprint density at radius 1 is 0.527 bits per heavy atom. The fraction of sp³-hybridized carbons (Fsp3) is 0.214. The van der Waals surface area contributed by atoms with E-state index in [0.29, 0.717) is 0 Å². The van der Waals surface area contributed by atoms with Crippen LogP contribution in [0.25, 0.3) is 0 Å². The van der Waals surface area contributed by atoms with E-state index in [1.54, 1.807) is 0 Å². The first kappa shape index (κ1) is 56.8. The minimum Gasteiger partial charge on any atom is -0.495 e. The largest absolute Gasteiger partial charge is 0.495 e. The predicted octanol–water partition coefficient (Wildman–Crippen LogP) is 9.15. The lowest BCUT2D eigenvalue weighted by atomic mass is 10.2. The number of anilines is 5. The standard InChI is InChI=1S/C42H42Br2N10O16S4/c1-67-34-12-10-26(18-38(34)73(61,62)63)51-53-30-22-36(69-14-6-16-71(55,56)57)32(20-28(30)43)46-41-48-40(45-24-25-8-4-3-5-9-25)49-42(50-41)47-33-21-29(44)31(23-37(33)70-15-7-17-72(58,59)60)54-52-27-11-13-35(68-2)39(19-27)74(64,65)66/h3-5,8-13,18-23H,6-7,14-17,24H2,1-2H3,(H,55,56,57)(H,58,59,60)(H,61,62,63)(H,64,65,66)(H3,45,46,47,48,49,50). The second kappa shape index (κ2) is 24.7. The van der Waals surface area contributed by atoms with Gasteiger partial charge in [0.25, 0.3) is 40.5 Å². The summed E-state index contributed by atoms with van der Waals surface area (Å²) in [5.74, 6) is -1.64. The molecule has 0 atom stereocenters. The average Bonchev–Trinajstić information content (AvgIpc) is 3.32. The fourth-order valence-corrected chi connectivity index (χ4v) is 9.35. The zero-order chi connectivity index (χ0) is 53.8. The molecule has 74 heavy (non-hydrogen) atoms. The van der Waals surface area contributed by atoms with Crippen LogP contribution in [-0.2, 0) is 47.0 Å². The molecule has 0 saturated carbocycles. The Labute approximate surface area is 440 Å². The van der Waals surface area contributed by atoms with Crippen molar-refractivity contribution in [3.63, 3.8) is 0 Å². The van der Waals surface area contributed by atoms with Crippen molar-refractivity contribution in [3.05, 3.63) is 106 Å². The molecule has 7 N–H and O–H groups in total. The van der Waals surface area contributed by atoms with Gasteiger partial charge >= 0.3 is 0 Å². The summed E-state index contributed by atoms with van der Waals surface area (Å²) in [5.41, 5.74) is 1.46. The van der Waals surface area contributed by atoms with E-state index in [4.69, 9.17) is 18.9 Å². The van der Waals surface area contributed by atoms with Crippen LogP contribution in [0.1, 0.15) is 18.4 Å². The smallest absolute Gasteiger partial charge is 0.298 e. The van der Waals surface area contributed by atoms with E-state index in [9.17, 15) is 51.9 Å². The molecule has 26 nitrogen and oxygen atoms in total. The van der Waals surface area contributed by atoms with Crippen LogP contribution < -0.4 is 34.9 Å². The number of aromatic nitrogens is 3. The summed E-state index contributed by atoms with van der Waals surface area (Å²) < 4.78 is 155. The molecule has 0 spiro atoms. The third-order valence-corrected chi connectivity index (χ3v) is 14.2. The van der Waals surface area contributed by atoms with Gasteiger partial charge in [-0.05, 0) is 98.8 Å². The van der Waals surface area contributed by atoms with Gasteiger partial charge in [0.05, 0.1) is 61.7 Å². The lowest BCUT2D eigenvalue weighted by molar-refractivity contribution is 0.317.